The molecule has 0 aromatic carbocycles. The summed E-state index contributed by atoms with van der Waals surface area (Å²) in [5, 5.41) is 18.9. The van der Waals surface area contributed by atoms with E-state index in [9.17, 15) is 18.9 Å². The number of hydrogen-bond donors (Lipinski definition) is 4. The van der Waals surface area contributed by atoms with Crippen molar-refractivity contribution >= 4 is 25.4 Å². The molecule has 1 unspecified atom stereocenters. The zero-order valence-electron chi connectivity index (χ0n) is 9.53. The lowest BCUT2D eigenvalue weighted by Crippen LogP contribution is -2.43. The van der Waals surface area contributed by atoms with Crippen molar-refractivity contribution in [2.24, 2.45) is 0 Å². The summed E-state index contributed by atoms with van der Waals surface area (Å²) in [5.74, 6) is -4.03. The van der Waals surface area contributed by atoms with Gasteiger partial charge in [-0.15, -0.1) is 0 Å². The number of carbonyl (C=O) groups is 3. The predicted octanol–water partition coefficient (Wildman–Crippen LogP) is -0.748. The van der Waals surface area contributed by atoms with Crippen LogP contribution in [0.2, 0.25) is 0 Å². The molecule has 1 amide bonds. The van der Waals surface area contributed by atoms with Crippen molar-refractivity contribution < 1.29 is 38.6 Å². The van der Waals surface area contributed by atoms with Crippen molar-refractivity contribution in [1.82, 2.24) is 5.32 Å². The molecular weight excluding hydrogens is 269 g/mol. The van der Waals surface area contributed by atoms with Crippen molar-refractivity contribution in [1.29, 1.82) is 0 Å². The summed E-state index contributed by atoms with van der Waals surface area (Å²) in [6.45, 7) is 1.36. The maximum Gasteiger partial charge on any atom is 0.337 e. The van der Waals surface area contributed by atoms with Crippen LogP contribution in [0.25, 0.3) is 0 Å². The average molecular weight is 283 g/mol. The fraction of sp³-hybridized carbons (Fsp3) is 0.625. The fourth-order valence-electron chi connectivity index (χ4n) is 1.04. The van der Waals surface area contributed by atoms with Gasteiger partial charge in [0, 0.05) is 0 Å². The van der Waals surface area contributed by atoms with Crippen molar-refractivity contribution in [2.75, 3.05) is 12.8 Å². The Hall–Kier alpha value is -1.44. The van der Waals surface area contributed by atoms with Gasteiger partial charge < -0.3 is 24.9 Å². The standard InChI is InChI=1S/C8H14NO8P/c1-2-17-18(15,16)4-6(10)9-5(8(13)14)3-7(11)12/h5H,2-4H2,1H3,(H,9,10)(H,11,12)(H,13,14)(H,15,16)/t5-/m1/s1. The van der Waals surface area contributed by atoms with Crippen LogP contribution in [-0.4, -0.2) is 51.8 Å². The number of carboxylic acid groups (broad SMARTS) is 2. The summed E-state index contributed by atoms with van der Waals surface area (Å²) in [5.41, 5.74) is 0. The van der Waals surface area contributed by atoms with E-state index in [1.807, 2.05) is 5.32 Å². The minimum Gasteiger partial charge on any atom is -0.481 e. The van der Waals surface area contributed by atoms with Gasteiger partial charge >= 0.3 is 19.5 Å². The maximum atomic E-state index is 11.3. The van der Waals surface area contributed by atoms with Gasteiger partial charge in [-0.2, -0.15) is 0 Å². The van der Waals surface area contributed by atoms with Gasteiger partial charge in [-0.25, -0.2) is 4.79 Å². The van der Waals surface area contributed by atoms with Crippen LogP contribution in [0.15, 0.2) is 0 Å². The lowest BCUT2D eigenvalue weighted by molar-refractivity contribution is -0.147. The summed E-state index contributed by atoms with van der Waals surface area (Å²) < 4.78 is 15.6. The molecule has 0 saturated heterocycles. The van der Waals surface area contributed by atoms with E-state index in [1.165, 1.54) is 6.92 Å². The lowest BCUT2D eigenvalue weighted by atomic mass is 10.2. The second-order valence-corrected chi connectivity index (χ2v) is 5.12. The number of nitrogens with one attached hydrogen (secondary N) is 1. The molecule has 18 heavy (non-hydrogen) atoms. The zero-order valence-corrected chi connectivity index (χ0v) is 10.4. The molecule has 10 heteroatoms. The van der Waals surface area contributed by atoms with Gasteiger partial charge in [-0.3, -0.25) is 14.2 Å². The molecular formula is C8H14NO8P. The van der Waals surface area contributed by atoms with Crippen LogP contribution in [0.1, 0.15) is 13.3 Å². The van der Waals surface area contributed by atoms with Crippen molar-refractivity contribution in [3.05, 3.63) is 0 Å². The zero-order chi connectivity index (χ0) is 14.3. The third-order valence-corrected chi connectivity index (χ3v) is 3.03. The molecule has 0 saturated carbocycles. The van der Waals surface area contributed by atoms with Crippen LogP contribution in [0.3, 0.4) is 0 Å². The normalized spacial score (nSPS) is 15.4. The third kappa shape index (κ3) is 7.00. The molecule has 0 aromatic rings. The summed E-state index contributed by atoms with van der Waals surface area (Å²) in [6.07, 6.45) is -1.75. The van der Waals surface area contributed by atoms with Gasteiger partial charge in [0.2, 0.25) is 5.91 Å². The quantitative estimate of drug-likeness (QED) is 0.425. The van der Waals surface area contributed by atoms with E-state index in [0.717, 1.165) is 0 Å². The minimum absolute atomic E-state index is 0.0848. The number of amides is 1. The number of hydrogen-bond acceptors (Lipinski definition) is 5. The Bertz CT molecular complexity index is 381. The molecule has 0 aliphatic rings. The first-order valence-corrected chi connectivity index (χ1v) is 6.64. The van der Waals surface area contributed by atoms with Gasteiger partial charge in [0.15, 0.2) is 0 Å². The highest BCUT2D eigenvalue weighted by molar-refractivity contribution is 7.53. The third-order valence-electron chi connectivity index (χ3n) is 1.69. The monoisotopic (exact) mass is 283 g/mol. The van der Waals surface area contributed by atoms with Crippen LogP contribution in [0.4, 0.5) is 0 Å². The molecule has 0 rings (SSSR count). The highest BCUT2D eigenvalue weighted by Gasteiger charge is 2.28. The number of carboxylic acids is 2. The van der Waals surface area contributed by atoms with Gasteiger partial charge in [0.25, 0.3) is 0 Å². The van der Waals surface area contributed by atoms with Crippen molar-refractivity contribution in [2.45, 2.75) is 19.4 Å². The van der Waals surface area contributed by atoms with Crippen LogP contribution in [-0.2, 0) is 23.5 Å². The highest BCUT2D eigenvalue weighted by Crippen LogP contribution is 2.40. The summed E-state index contributed by atoms with van der Waals surface area (Å²) in [7, 11) is -4.12. The molecule has 9 nitrogen and oxygen atoms in total. The molecule has 4 N–H and O–H groups in total. The molecule has 0 fully saturated rings. The van der Waals surface area contributed by atoms with Gasteiger partial charge in [0.05, 0.1) is 13.0 Å². The largest absolute Gasteiger partial charge is 0.481 e. The van der Waals surface area contributed by atoms with Crippen LogP contribution < -0.4 is 5.32 Å². The van der Waals surface area contributed by atoms with E-state index >= 15 is 0 Å². The van der Waals surface area contributed by atoms with Gasteiger partial charge in [-0.05, 0) is 6.92 Å². The minimum atomic E-state index is -4.12. The van der Waals surface area contributed by atoms with Crippen molar-refractivity contribution in [3.63, 3.8) is 0 Å². The first-order valence-electron chi connectivity index (χ1n) is 4.88. The summed E-state index contributed by atoms with van der Waals surface area (Å²) in [4.78, 5) is 41.3. The van der Waals surface area contributed by atoms with Crippen LogP contribution >= 0.6 is 7.60 Å². The van der Waals surface area contributed by atoms with Crippen LogP contribution in [0.5, 0.6) is 0 Å². The number of carbonyl (C=O) groups excluding carboxylic acids is 1. The van der Waals surface area contributed by atoms with E-state index in [0.29, 0.717) is 0 Å². The Morgan fingerprint density at radius 1 is 1.33 bits per heavy atom. The molecule has 0 bridgehead atoms. The summed E-state index contributed by atoms with van der Waals surface area (Å²) >= 11 is 0. The SMILES string of the molecule is CCOP(=O)(O)CC(=O)N[C@H](CC(=O)O)C(=O)O. The first-order chi connectivity index (χ1) is 8.18. The highest BCUT2D eigenvalue weighted by atomic mass is 31.2. The maximum absolute atomic E-state index is 11.3. The smallest absolute Gasteiger partial charge is 0.337 e. The Morgan fingerprint density at radius 2 is 1.89 bits per heavy atom. The molecule has 0 radical (unpaired) electrons. The van der Waals surface area contributed by atoms with Gasteiger partial charge in [-0.1, -0.05) is 0 Å². The van der Waals surface area contributed by atoms with Gasteiger partial charge in [0.1, 0.15) is 12.2 Å². The molecule has 0 aliphatic carbocycles. The summed E-state index contributed by atoms with van der Waals surface area (Å²) in [6, 6.07) is -1.66. The number of aliphatic carboxylic acids is 2. The topological polar surface area (TPSA) is 150 Å². The Kier molecular flexibility index (Phi) is 6.53. The molecule has 104 valence electrons. The Balaban J connectivity index is 4.48. The van der Waals surface area contributed by atoms with E-state index < -0.39 is 44.1 Å². The fourth-order valence-corrected chi connectivity index (χ4v) is 1.99. The molecule has 2 atom stereocenters. The molecule has 0 spiro atoms. The van der Waals surface area contributed by atoms with E-state index in [-0.39, 0.29) is 6.61 Å². The molecule has 0 aromatic heterocycles. The van der Waals surface area contributed by atoms with E-state index in [4.69, 9.17) is 15.1 Å². The Labute approximate surface area is 102 Å². The molecule has 0 heterocycles. The van der Waals surface area contributed by atoms with E-state index in [1.54, 1.807) is 0 Å². The lowest BCUT2D eigenvalue weighted by Gasteiger charge is -2.14. The second kappa shape index (κ2) is 7.10. The second-order valence-electron chi connectivity index (χ2n) is 3.27. The first kappa shape index (κ1) is 16.6. The number of rotatable bonds is 8. The molecule has 0 aliphatic heterocycles. The Morgan fingerprint density at radius 3 is 2.28 bits per heavy atom. The van der Waals surface area contributed by atoms with Crippen molar-refractivity contribution in [3.8, 4) is 0 Å². The van der Waals surface area contributed by atoms with E-state index in [2.05, 4.69) is 4.52 Å². The van der Waals surface area contributed by atoms with Crippen LogP contribution in [0, 0.1) is 0 Å². The average Bonchev–Trinajstić information content (AvgIpc) is 2.14. The predicted molar refractivity (Wildman–Crippen MR) is 58.1 cm³/mol.